The van der Waals surface area contributed by atoms with Crippen molar-refractivity contribution in [2.24, 2.45) is 0 Å². The van der Waals surface area contributed by atoms with Crippen molar-refractivity contribution >= 4 is 17.5 Å². The van der Waals surface area contributed by atoms with Gasteiger partial charge >= 0.3 is 0 Å². The summed E-state index contributed by atoms with van der Waals surface area (Å²) in [4.78, 5) is 11.2. The van der Waals surface area contributed by atoms with Gasteiger partial charge in [-0.25, -0.2) is 0 Å². The lowest BCUT2D eigenvalue weighted by Gasteiger charge is -2.02. The van der Waals surface area contributed by atoms with Crippen LogP contribution in [0, 0.1) is 12.3 Å². The van der Waals surface area contributed by atoms with Crippen LogP contribution < -0.4 is 5.32 Å². The van der Waals surface area contributed by atoms with Gasteiger partial charge in [0.05, 0.1) is 6.54 Å². The minimum absolute atomic E-state index is 0.0343. The Labute approximate surface area is 94.6 Å². The van der Waals surface area contributed by atoms with Gasteiger partial charge in [-0.2, -0.15) is 0 Å². The molecular formula is C12H12ClNO. The van der Waals surface area contributed by atoms with Gasteiger partial charge in [0.2, 0.25) is 5.91 Å². The van der Waals surface area contributed by atoms with Gasteiger partial charge in [0, 0.05) is 11.4 Å². The van der Waals surface area contributed by atoms with Crippen LogP contribution in [0.3, 0.4) is 0 Å². The number of hydrogen-bond acceptors (Lipinski definition) is 1. The van der Waals surface area contributed by atoms with E-state index in [1.54, 1.807) is 0 Å². The lowest BCUT2D eigenvalue weighted by Crippen LogP contribution is -2.23. The fourth-order valence-corrected chi connectivity index (χ4v) is 1.40. The Morgan fingerprint density at radius 2 is 2.33 bits per heavy atom. The smallest absolute Gasteiger partial charge is 0.221 e. The second-order valence-electron chi connectivity index (χ2n) is 3.11. The van der Waals surface area contributed by atoms with Crippen molar-refractivity contribution in [3.05, 3.63) is 34.9 Å². The van der Waals surface area contributed by atoms with E-state index in [2.05, 4.69) is 11.2 Å². The summed E-state index contributed by atoms with van der Waals surface area (Å²) in [6, 6.07) is 7.48. The Morgan fingerprint density at radius 3 is 3.00 bits per heavy atom. The van der Waals surface area contributed by atoms with E-state index < -0.39 is 0 Å². The molecule has 0 aliphatic rings. The summed E-state index contributed by atoms with van der Waals surface area (Å²) >= 11 is 5.82. The Hall–Kier alpha value is -1.46. The number of carbonyl (C=O) groups excluding carboxylic acids is 1. The van der Waals surface area contributed by atoms with Gasteiger partial charge in [0.1, 0.15) is 0 Å². The molecule has 0 saturated heterocycles. The molecule has 1 aromatic carbocycles. The molecule has 15 heavy (non-hydrogen) atoms. The van der Waals surface area contributed by atoms with Gasteiger partial charge < -0.3 is 5.32 Å². The first-order chi connectivity index (χ1) is 7.22. The van der Waals surface area contributed by atoms with E-state index >= 15 is 0 Å². The van der Waals surface area contributed by atoms with Crippen LogP contribution in [-0.4, -0.2) is 12.5 Å². The Kier molecular flexibility index (Phi) is 4.73. The molecule has 0 aliphatic heterocycles. The molecule has 1 aromatic rings. The number of benzene rings is 1. The number of amides is 1. The van der Waals surface area contributed by atoms with Crippen molar-refractivity contribution in [1.82, 2.24) is 5.32 Å². The van der Waals surface area contributed by atoms with Crippen LogP contribution >= 0.6 is 11.6 Å². The van der Waals surface area contributed by atoms with E-state index in [9.17, 15) is 4.79 Å². The molecule has 3 heteroatoms. The zero-order valence-electron chi connectivity index (χ0n) is 8.29. The van der Waals surface area contributed by atoms with Gasteiger partial charge in [-0.05, 0) is 24.1 Å². The molecule has 0 heterocycles. The number of aryl methyl sites for hydroxylation is 1. The number of hydrogen-bond donors (Lipinski definition) is 1. The maximum Gasteiger partial charge on any atom is 0.221 e. The average Bonchev–Trinajstić information content (AvgIpc) is 2.23. The molecule has 0 aliphatic carbocycles. The fraction of sp³-hybridized carbons (Fsp3) is 0.250. The zero-order chi connectivity index (χ0) is 11.1. The van der Waals surface area contributed by atoms with Crippen molar-refractivity contribution < 1.29 is 4.79 Å². The van der Waals surface area contributed by atoms with Crippen LogP contribution in [0.2, 0.25) is 5.02 Å². The first-order valence-corrected chi connectivity index (χ1v) is 5.05. The second kappa shape index (κ2) is 6.10. The van der Waals surface area contributed by atoms with Crippen LogP contribution in [0.15, 0.2) is 24.3 Å². The first-order valence-electron chi connectivity index (χ1n) is 4.67. The molecular weight excluding hydrogens is 210 g/mol. The number of halogens is 1. The highest BCUT2D eigenvalue weighted by Gasteiger charge is 2.01. The van der Waals surface area contributed by atoms with E-state index in [4.69, 9.17) is 18.0 Å². The summed E-state index contributed by atoms with van der Waals surface area (Å²) in [5, 5.41) is 3.30. The summed E-state index contributed by atoms with van der Waals surface area (Å²) < 4.78 is 0. The monoisotopic (exact) mass is 221 g/mol. The van der Waals surface area contributed by atoms with Crippen LogP contribution in [0.5, 0.6) is 0 Å². The quantitative estimate of drug-likeness (QED) is 0.775. The first kappa shape index (κ1) is 11.6. The predicted octanol–water partition coefficient (Wildman–Crippen LogP) is 2.02. The van der Waals surface area contributed by atoms with Gasteiger partial charge in [-0.3, -0.25) is 4.79 Å². The van der Waals surface area contributed by atoms with Crippen molar-refractivity contribution in [2.75, 3.05) is 6.54 Å². The average molecular weight is 222 g/mol. The molecule has 1 N–H and O–H groups in total. The molecule has 1 rings (SSSR count). The highest BCUT2D eigenvalue weighted by molar-refractivity contribution is 6.30. The Bertz CT molecular complexity index is 381. The van der Waals surface area contributed by atoms with Crippen LogP contribution in [0.1, 0.15) is 12.0 Å². The maximum atomic E-state index is 11.2. The van der Waals surface area contributed by atoms with Crippen molar-refractivity contribution in [3.63, 3.8) is 0 Å². The number of rotatable bonds is 4. The molecule has 0 aromatic heterocycles. The predicted molar refractivity (Wildman–Crippen MR) is 61.6 cm³/mol. The minimum atomic E-state index is -0.0343. The lowest BCUT2D eigenvalue weighted by molar-refractivity contribution is -0.120. The van der Waals surface area contributed by atoms with Crippen molar-refractivity contribution in [2.45, 2.75) is 12.8 Å². The fourth-order valence-electron chi connectivity index (χ4n) is 1.19. The van der Waals surface area contributed by atoms with Gasteiger partial charge in [-0.15, -0.1) is 6.42 Å². The summed E-state index contributed by atoms with van der Waals surface area (Å²) in [5.41, 5.74) is 1.05. The summed E-state index contributed by atoms with van der Waals surface area (Å²) in [6.45, 7) is 0.286. The molecule has 0 unspecified atom stereocenters. The van der Waals surface area contributed by atoms with Crippen molar-refractivity contribution in [3.8, 4) is 12.3 Å². The summed E-state index contributed by atoms with van der Waals surface area (Å²) in [6.07, 6.45) is 6.13. The third kappa shape index (κ3) is 4.53. The molecule has 78 valence electrons. The van der Waals surface area contributed by atoms with Crippen LogP contribution in [0.25, 0.3) is 0 Å². The summed E-state index contributed by atoms with van der Waals surface area (Å²) in [7, 11) is 0. The van der Waals surface area contributed by atoms with E-state index in [-0.39, 0.29) is 12.5 Å². The maximum absolute atomic E-state index is 11.2. The Morgan fingerprint density at radius 1 is 1.53 bits per heavy atom. The third-order valence-corrected chi connectivity index (χ3v) is 2.15. The second-order valence-corrected chi connectivity index (χ2v) is 3.55. The molecule has 0 saturated carbocycles. The van der Waals surface area contributed by atoms with Crippen LogP contribution in [0.4, 0.5) is 0 Å². The van der Waals surface area contributed by atoms with Crippen LogP contribution in [-0.2, 0) is 11.2 Å². The molecule has 0 bridgehead atoms. The molecule has 0 radical (unpaired) electrons. The number of nitrogens with one attached hydrogen (secondary N) is 1. The largest absolute Gasteiger partial charge is 0.345 e. The number of carbonyl (C=O) groups is 1. The van der Waals surface area contributed by atoms with Crippen molar-refractivity contribution in [1.29, 1.82) is 0 Å². The van der Waals surface area contributed by atoms with Gasteiger partial charge in [-0.1, -0.05) is 29.7 Å². The zero-order valence-corrected chi connectivity index (χ0v) is 9.05. The Balaban J connectivity index is 2.37. The molecule has 0 atom stereocenters. The minimum Gasteiger partial charge on any atom is -0.345 e. The molecule has 1 amide bonds. The lowest BCUT2D eigenvalue weighted by atomic mass is 10.1. The van der Waals surface area contributed by atoms with E-state index in [1.807, 2.05) is 24.3 Å². The molecule has 0 spiro atoms. The van der Waals surface area contributed by atoms with Gasteiger partial charge in [0.25, 0.3) is 0 Å². The summed E-state index contributed by atoms with van der Waals surface area (Å²) in [5.74, 6) is 2.32. The highest BCUT2D eigenvalue weighted by Crippen LogP contribution is 2.11. The topological polar surface area (TPSA) is 29.1 Å². The normalized spacial score (nSPS) is 9.33. The standard InChI is InChI=1S/C12H12ClNO/c1-2-8-14-12(15)7-6-10-4-3-5-11(13)9-10/h1,3-5,9H,6-8H2,(H,14,15). The van der Waals surface area contributed by atoms with E-state index in [0.717, 1.165) is 5.56 Å². The molecule has 0 fully saturated rings. The highest BCUT2D eigenvalue weighted by atomic mass is 35.5. The SMILES string of the molecule is C#CCNC(=O)CCc1cccc(Cl)c1. The van der Waals surface area contributed by atoms with E-state index in [0.29, 0.717) is 17.9 Å². The van der Waals surface area contributed by atoms with Gasteiger partial charge in [0.15, 0.2) is 0 Å². The third-order valence-electron chi connectivity index (χ3n) is 1.92. The van der Waals surface area contributed by atoms with E-state index in [1.165, 1.54) is 0 Å². The number of terminal acetylenes is 1. The molecule has 2 nitrogen and oxygen atoms in total.